The summed E-state index contributed by atoms with van der Waals surface area (Å²) in [6.07, 6.45) is 3.59. The summed E-state index contributed by atoms with van der Waals surface area (Å²) >= 11 is 0. The Hall–Kier alpha value is -1.88. The van der Waals surface area contributed by atoms with Gasteiger partial charge in [-0.1, -0.05) is 49.6 Å². The first-order chi connectivity index (χ1) is 10.1. The molecule has 1 saturated heterocycles. The van der Waals surface area contributed by atoms with Crippen LogP contribution in [0.5, 0.6) is 0 Å². The molecule has 21 heavy (non-hydrogen) atoms. The molecule has 1 atom stereocenters. The average Bonchev–Trinajstić information content (AvgIpc) is 2.73. The topological polar surface area (TPSA) is 69.6 Å². The summed E-state index contributed by atoms with van der Waals surface area (Å²) < 4.78 is 0. The van der Waals surface area contributed by atoms with Crippen molar-refractivity contribution in [1.29, 1.82) is 0 Å². The summed E-state index contributed by atoms with van der Waals surface area (Å²) in [6, 6.07) is 8.72. The monoisotopic (exact) mass is 288 g/mol. The summed E-state index contributed by atoms with van der Waals surface area (Å²) in [7, 11) is 0. The maximum absolute atomic E-state index is 12.6. The van der Waals surface area contributed by atoms with E-state index >= 15 is 0 Å². The number of hydrogen-bond acceptors (Lipinski definition) is 3. The Labute approximate surface area is 123 Å². The van der Waals surface area contributed by atoms with E-state index in [1.54, 1.807) is 12.1 Å². The summed E-state index contributed by atoms with van der Waals surface area (Å²) in [5.41, 5.74) is -0.00570. The van der Waals surface area contributed by atoms with Gasteiger partial charge in [-0.3, -0.25) is 9.69 Å². The average molecular weight is 288 g/mol. The first kappa shape index (κ1) is 14.1. The third-order valence-electron chi connectivity index (χ3n) is 4.49. The number of hydrogen-bond donors (Lipinski definition) is 2. The molecule has 5 nitrogen and oxygen atoms in total. The van der Waals surface area contributed by atoms with Crippen molar-refractivity contribution in [3.63, 3.8) is 0 Å². The van der Waals surface area contributed by atoms with Gasteiger partial charge in [-0.25, -0.2) is 4.79 Å². The van der Waals surface area contributed by atoms with Gasteiger partial charge in [0.1, 0.15) is 5.54 Å². The third kappa shape index (κ3) is 2.53. The van der Waals surface area contributed by atoms with Crippen LogP contribution < -0.4 is 5.32 Å². The van der Waals surface area contributed by atoms with Crippen molar-refractivity contribution in [2.45, 2.75) is 43.7 Å². The zero-order valence-electron chi connectivity index (χ0n) is 11.9. The molecule has 0 bridgehead atoms. The fraction of sp³-hybridized carbons (Fsp3) is 0.500. The molecule has 1 saturated carbocycles. The second-order valence-electron chi connectivity index (χ2n) is 5.92. The lowest BCUT2D eigenvalue weighted by Crippen LogP contribution is -2.48. The van der Waals surface area contributed by atoms with Gasteiger partial charge < -0.3 is 10.4 Å². The first-order valence-electron chi connectivity index (χ1n) is 7.49. The maximum atomic E-state index is 12.6. The number of benzene rings is 1. The van der Waals surface area contributed by atoms with Crippen LogP contribution in [0, 0.1) is 0 Å². The van der Waals surface area contributed by atoms with Crippen molar-refractivity contribution in [3.8, 4) is 0 Å². The van der Waals surface area contributed by atoms with Gasteiger partial charge in [0.15, 0.2) is 0 Å². The molecule has 1 aromatic carbocycles. The van der Waals surface area contributed by atoms with Crippen molar-refractivity contribution in [3.05, 3.63) is 35.9 Å². The summed E-state index contributed by atoms with van der Waals surface area (Å²) in [5, 5.41) is 13.1. The number of nitrogens with zero attached hydrogens (tertiary/aromatic N) is 1. The largest absolute Gasteiger partial charge is 0.387 e. The van der Waals surface area contributed by atoms with Gasteiger partial charge in [-0.15, -0.1) is 0 Å². The van der Waals surface area contributed by atoms with E-state index in [2.05, 4.69) is 5.32 Å². The summed E-state index contributed by atoms with van der Waals surface area (Å²) in [6.45, 7) is 0.0103. The van der Waals surface area contributed by atoms with Gasteiger partial charge in [0.05, 0.1) is 12.6 Å². The van der Waals surface area contributed by atoms with E-state index in [0.717, 1.165) is 19.3 Å². The molecule has 112 valence electrons. The Balaban J connectivity index is 1.74. The van der Waals surface area contributed by atoms with Crippen molar-refractivity contribution < 1.29 is 14.7 Å². The molecule has 0 radical (unpaired) electrons. The molecule has 1 spiro atoms. The van der Waals surface area contributed by atoms with Gasteiger partial charge in [-0.05, 0) is 18.4 Å². The zero-order valence-corrected chi connectivity index (χ0v) is 11.9. The molecule has 2 aliphatic rings. The fourth-order valence-corrected chi connectivity index (χ4v) is 3.29. The number of nitrogens with one attached hydrogen (secondary N) is 1. The van der Waals surface area contributed by atoms with Crippen LogP contribution >= 0.6 is 0 Å². The van der Waals surface area contributed by atoms with Gasteiger partial charge in [0.2, 0.25) is 0 Å². The van der Waals surface area contributed by atoms with E-state index in [9.17, 15) is 14.7 Å². The smallest absolute Gasteiger partial charge is 0.325 e. The minimum absolute atomic E-state index is 0.0103. The molecule has 1 aliphatic carbocycles. The van der Waals surface area contributed by atoms with Crippen LogP contribution in [0.4, 0.5) is 4.79 Å². The van der Waals surface area contributed by atoms with Gasteiger partial charge >= 0.3 is 6.03 Å². The molecule has 1 aromatic rings. The number of imide groups is 1. The normalized spacial score (nSPS) is 22.4. The number of carbonyl (C=O) groups excluding carboxylic acids is 2. The molecule has 1 aliphatic heterocycles. The summed E-state index contributed by atoms with van der Waals surface area (Å²) in [5.74, 6) is -0.179. The Morgan fingerprint density at radius 1 is 1.14 bits per heavy atom. The molecule has 2 fully saturated rings. The van der Waals surface area contributed by atoms with E-state index in [-0.39, 0.29) is 18.5 Å². The van der Waals surface area contributed by atoms with Gasteiger partial charge in [0, 0.05) is 0 Å². The van der Waals surface area contributed by atoms with Crippen LogP contribution in [0.2, 0.25) is 0 Å². The SMILES string of the molecule is O=C1NC2(CCCCC2)C(=O)N1C[C@H](O)c1ccccc1. The highest BCUT2D eigenvalue weighted by Gasteiger charge is 2.51. The molecule has 2 N–H and O–H groups in total. The van der Waals surface area contributed by atoms with Crippen molar-refractivity contribution >= 4 is 11.9 Å². The lowest BCUT2D eigenvalue weighted by Gasteiger charge is -2.30. The predicted octanol–water partition coefficient (Wildman–Crippen LogP) is 1.97. The fourth-order valence-electron chi connectivity index (χ4n) is 3.29. The second-order valence-corrected chi connectivity index (χ2v) is 5.92. The molecule has 5 heteroatoms. The number of aliphatic hydroxyl groups excluding tert-OH is 1. The Morgan fingerprint density at radius 2 is 1.81 bits per heavy atom. The molecule has 3 rings (SSSR count). The van der Waals surface area contributed by atoms with Gasteiger partial charge in [-0.2, -0.15) is 0 Å². The van der Waals surface area contributed by atoms with Crippen LogP contribution in [0.1, 0.15) is 43.8 Å². The van der Waals surface area contributed by atoms with Gasteiger partial charge in [0.25, 0.3) is 5.91 Å². The van der Waals surface area contributed by atoms with Crippen molar-refractivity contribution in [1.82, 2.24) is 10.2 Å². The van der Waals surface area contributed by atoms with E-state index in [4.69, 9.17) is 0 Å². The third-order valence-corrected chi connectivity index (χ3v) is 4.49. The van der Waals surface area contributed by atoms with E-state index in [1.807, 2.05) is 18.2 Å². The van der Waals surface area contributed by atoms with Crippen LogP contribution in [0.25, 0.3) is 0 Å². The molecular formula is C16H20N2O3. The van der Waals surface area contributed by atoms with E-state index in [0.29, 0.717) is 18.4 Å². The maximum Gasteiger partial charge on any atom is 0.325 e. The second kappa shape index (κ2) is 5.48. The lowest BCUT2D eigenvalue weighted by atomic mass is 9.82. The Bertz CT molecular complexity index is 538. The number of amides is 3. The molecular weight excluding hydrogens is 268 g/mol. The van der Waals surface area contributed by atoms with Crippen molar-refractivity contribution in [2.24, 2.45) is 0 Å². The van der Waals surface area contributed by atoms with Crippen LogP contribution in [0.15, 0.2) is 30.3 Å². The first-order valence-corrected chi connectivity index (χ1v) is 7.49. The number of rotatable bonds is 3. The van der Waals surface area contributed by atoms with Crippen LogP contribution in [-0.4, -0.2) is 34.0 Å². The standard InChI is InChI=1S/C16H20N2O3/c19-13(12-7-3-1-4-8-12)11-18-14(20)16(17-15(18)21)9-5-2-6-10-16/h1,3-4,7-8,13,19H,2,5-6,9-11H2,(H,17,21)/t13-/m0/s1. The molecule has 0 unspecified atom stereocenters. The number of aliphatic hydroxyl groups is 1. The highest BCUT2D eigenvalue weighted by Crippen LogP contribution is 2.34. The quantitative estimate of drug-likeness (QED) is 0.836. The number of β-amino-alcohol motifs (C(OH)–C–C–N with tert-alkyl or cyclic N) is 1. The predicted molar refractivity (Wildman–Crippen MR) is 77.5 cm³/mol. The van der Waals surface area contributed by atoms with Crippen LogP contribution in [-0.2, 0) is 4.79 Å². The van der Waals surface area contributed by atoms with Crippen molar-refractivity contribution in [2.75, 3.05) is 6.54 Å². The highest BCUT2D eigenvalue weighted by atomic mass is 16.3. The summed E-state index contributed by atoms with van der Waals surface area (Å²) in [4.78, 5) is 25.9. The van der Waals surface area contributed by atoms with E-state index < -0.39 is 11.6 Å². The molecule has 0 aromatic heterocycles. The number of urea groups is 1. The van der Waals surface area contributed by atoms with Crippen LogP contribution in [0.3, 0.4) is 0 Å². The zero-order chi connectivity index (χ0) is 14.9. The lowest BCUT2D eigenvalue weighted by molar-refractivity contribution is -0.133. The van der Waals surface area contributed by atoms with E-state index in [1.165, 1.54) is 4.90 Å². The Morgan fingerprint density at radius 3 is 2.48 bits per heavy atom. The number of carbonyl (C=O) groups is 2. The Kier molecular flexibility index (Phi) is 3.68. The molecule has 3 amide bonds. The highest BCUT2D eigenvalue weighted by molar-refractivity contribution is 6.07. The minimum Gasteiger partial charge on any atom is -0.387 e. The minimum atomic E-state index is -0.848. The molecule has 1 heterocycles.